The average molecular weight is 488 g/mol. The van der Waals surface area contributed by atoms with E-state index in [9.17, 15) is 14.0 Å². The maximum Gasteiger partial charge on any atom is 0.235 e. The van der Waals surface area contributed by atoms with Gasteiger partial charge in [0.25, 0.3) is 0 Å². The van der Waals surface area contributed by atoms with Gasteiger partial charge in [-0.05, 0) is 45.4 Å². The summed E-state index contributed by atoms with van der Waals surface area (Å²) < 4.78 is 16.0. The molecule has 1 aromatic carbocycles. The van der Waals surface area contributed by atoms with Crippen molar-refractivity contribution in [3.05, 3.63) is 59.5 Å². The summed E-state index contributed by atoms with van der Waals surface area (Å²) in [6.07, 6.45) is 2.74. The molecule has 4 aromatic rings. The van der Waals surface area contributed by atoms with E-state index >= 15 is 0 Å². The van der Waals surface area contributed by atoms with Crippen LogP contribution in [-0.4, -0.2) is 43.0 Å². The van der Waals surface area contributed by atoms with Crippen molar-refractivity contribution in [1.82, 2.24) is 24.7 Å². The van der Waals surface area contributed by atoms with Crippen molar-refractivity contribution in [3.8, 4) is 11.5 Å². The first-order chi connectivity index (χ1) is 17.3. The highest BCUT2D eigenvalue weighted by Crippen LogP contribution is 2.41. The number of hydrogen-bond donors (Lipinski definition) is 2. The number of hydrogen-bond acceptors (Lipinski definition) is 7. The Bertz CT molecular complexity index is 1500. The van der Waals surface area contributed by atoms with Crippen LogP contribution in [0.15, 0.2) is 42.6 Å². The number of fused-ring (bicyclic) bond motifs is 2. The molecule has 0 fully saturated rings. The van der Waals surface area contributed by atoms with E-state index in [1.807, 2.05) is 19.9 Å². The van der Waals surface area contributed by atoms with Crippen molar-refractivity contribution < 1.29 is 14.0 Å². The summed E-state index contributed by atoms with van der Waals surface area (Å²) in [5, 5.41) is 11.6. The monoisotopic (exact) mass is 487 g/mol. The van der Waals surface area contributed by atoms with Crippen LogP contribution in [0.25, 0.3) is 22.6 Å². The maximum atomic E-state index is 14.4. The van der Waals surface area contributed by atoms with E-state index in [0.29, 0.717) is 64.7 Å². The Labute approximate surface area is 207 Å². The van der Waals surface area contributed by atoms with E-state index in [0.717, 1.165) is 0 Å². The van der Waals surface area contributed by atoms with Crippen LogP contribution < -0.4 is 10.6 Å². The third-order valence-corrected chi connectivity index (χ3v) is 6.33. The van der Waals surface area contributed by atoms with E-state index in [2.05, 4.69) is 20.6 Å². The van der Waals surface area contributed by atoms with Crippen molar-refractivity contribution in [3.63, 3.8) is 0 Å². The lowest BCUT2D eigenvalue weighted by Crippen LogP contribution is -2.28. The van der Waals surface area contributed by atoms with Crippen molar-refractivity contribution in [1.29, 1.82) is 0 Å². The molecule has 2 N–H and O–H groups in total. The number of anilines is 2. The molecule has 1 aliphatic rings. The van der Waals surface area contributed by atoms with E-state index < -0.39 is 5.41 Å². The van der Waals surface area contributed by atoms with Crippen molar-refractivity contribution in [2.75, 3.05) is 17.2 Å². The average Bonchev–Trinajstić information content (AvgIpc) is 3.32. The number of carbonyl (C=O) groups is 2. The normalized spacial score (nSPS) is 14.1. The largest absolute Gasteiger partial charge is 0.370 e. The minimum atomic E-state index is -0.829. The fraction of sp³-hybridized carbons (Fsp3) is 0.308. The summed E-state index contributed by atoms with van der Waals surface area (Å²) in [6, 6.07) is 10.2. The molecular weight excluding hydrogens is 461 g/mol. The zero-order chi connectivity index (χ0) is 25.4. The van der Waals surface area contributed by atoms with Crippen molar-refractivity contribution in [2.45, 2.75) is 45.6 Å². The molecule has 5 rings (SSSR count). The van der Waals surface area contributed by atoms with Gasteiger partial charge in [-0.1, -0.05) is 18.2 Å². The molecule has 184 valence electrons. The molecule has 0 atom stereocenters. The summed E-state index contributed by atoms with van der Waals surface area (Å²) in [7, 11) is 0. The van der Waals surface area contributed by atoms with E-state index in [1.165, 1.54) is 6.07 Å². The third kappa shape index (κ3) is 4.19. The van der Waals surface area contributed by atoms with Crippen molar-refractivity contribution >= 4 is 34.4 Å². The molecule has 0 saturated heterocycles. The second-order valence-electron chi connectivity index (χ2n) is 9.40. The lowest BCUT2D eigenvalue weighted by Gasteiger charge is -2.19. The van der Waals surface area contributed by atoms with Crippen LogP contribution in [0, 0.1) is 5.82 Å². The molecule has 1 amide bonds. The predicted molar refractivity (Wildman–Crippen MR) is 134 cm³/mol. The second-order valence-corrected chi connectivity index (χ2v) is 9.40. The van der Waals surface area contributed by atoms with Gasteiger partial charge < -0.3 is 15.4 Å². The molecule has 10 heteroatoms. The highest BCUT2D eigenvalue weighted by molar-refractivity contribution is 6.06. The van der Waals surface area contributed by atoms with Gasteiger partial charge in [0.15, 0.2) is 11.5 Å². The Kier molecular flexibility index (Phi) is 5.95. The summed E-state index contributed by atoms with van der Waals surface area (Å²) >= 11 is 0. The van der Waals surface area contributed by atoms with Crippen LogP contribution in [0.2, 0.25) is 0 Å². The number of halogens is 1. The molecule has 9 nitrogen and oxygen atoms in total. The zero-order valence-corrected chi connectivity index (χ0v) is 20.3. The molecule has 0 unspecified atom stereocenters. The SMILES string of the molecule is CC(=O)CCCNc1nc(-c2nn(Cc3ccccc3F)c3ncccc23)nc2c1C(C)(C)C(=O)N2. The summed E-state index contributed by atoms with van der Waals surface area (Å²) in [4.78, 5) is 38.0. The van der Waals surface area contributed by atoms with Crippen LogP contribution in [0.4, 0.5) is 16.0 Å². The summed E-state index contributed by atoms with van der Waals surface area (Å²) in [5.74, 6) is 0.863. The number of ketones is 1. The molecule has 0 aliphatic carbocycles. The predicted octanol–water partition coefficient (Wildman–Crippen LogP) is 4.09. The van der Waals surface area contributed by atoms with Crippen LogP contribution in [0.5, 0.6) is 0 Å². The second kappa shape index (κ2) is 9.10. The topological polar surface area (TPSA) is 115 Å². The molecule has 3 aromatic heterocycles. The number of aromatic nitrogens is 5. The Morgan fingerprint density at radius 3 is 2.75 bits per heavy atom. The zero-order valence-electron chi connectivity index (χ0n) is 20.3. The van der Waals surface area contributed by atoms with E-state index in [1.54, 1.807) is 42.1 Å². The van der Waals surface area contributed by atoms with E-state index in [4.69, 9.17) is 10.1 Å². The van der Waals surface area contributed by atoms with Gasteiger partial charge in [0, 0.05) is 24.7 Å². The van der Waals surface area contributed by atoms with Gasteiger partial charge in [0.05, 0.1) is 22.9 Å². The maximum absolute atomic E-state index is 14.4. The van der Waals surface area contributed by atoms with Gasteiger partial charge in [-0.3, -0.25) is 4.79 Å². The van der Waals surface area contributed by atoms with Crippen LogP contribution >= 0.6 is 0 Å². The number of pyridine rings is 1. The third-order valence-electron chi connectivity index (χ3n) is 6.33. The van der Waals surface area contributed by atoms with Gasteiger partial charge in [0.2, 0.25) is 5.91 Å². The lowest BCUT2D eigenvalue weighted by atomic mass is 9.87. The Hall–Kier alpha value is -4.21. The molecule has 0 spiro atoms. The first-order valence-electron chi connectivity index (χ1n) is 11.8. The Balaban J connectivity index is 1.60. The fourth-order valence-corrected chi connectivity index (χ4v) is 4.37. The van der Waals surface area contributed by atoms with Gasteiger partial charge in [0.1, 0.15) is 28.9 Å². The van der Waals surface area contributed by atoms with Gasteiger partial charge in [-0.15, -0.1) is 0 Å². The molecule has 36 heavy (non-hydrogen) atoms. The fourth-order valence-electron chi connectivity index (χ4n) is 4.37. The lowest BCUT2D eigenvalue weighted by molar-refractivity contribution is -0.119. The van der Waals surface area contributed by atoms with Gasteiger partial charge in [-0.25, -0.2) is 24.0 Å². The standard InChI is InChI=1S/C26H26FN7O2/c1-15(35)8-6-12-28-21-19-22(32-25(36)26(19,2)3)31-23(30-21)20-17-10-7-13-29-24(17)34(33-20)14-16-9-4-5-11-18(16)27/h4-5,7,9-11,13H,6,8,12,14H2,1-3H3,(H2,28,30,31,32,36). The number of benzene rings is 1. The van der Waals surface area contributed by atoms with Crippen molar-refractivity contribution in [2.24, 2.45) is 0 Å². The molecule has 1 aliphatic heterocycles. The molecular formula is C26H26FN7O2. The van der Waals surface area contributed by atoms with Crippen LogP contribution in [-0.2, 0) is 21.5 Å². The molecule has 0 saturated carbocycles. The van der Waals surface area contributed by atoms with Gasteiger partial charge in [-0.2, -0.15) is 5.10 Å². The van der Waals surface area contributed by atoms with E-state index in [-0.39, 0.29) is 24.1 Å². The minimum absolute atomic E-state index is 0.113. The number of rotatable bonds is 8. The highest BCUT2D eigenvalue weighted by atomic mass is 19.1. The first-order valence-corrected chi connectivity index (χ1v) is 11.8. The first kappa shape index (κ1) is 23.5. The quantitative estimate of drug-likeness (QED) is 0.360. The summed E-state index contributed by atoms with van der Waals surface area (Å²) in [6.45, 7) is 5.89. The number of nitrogens with zero attached hydrogens (tertiary/aromatic N) is 5. The number of amides is 1. The molecule has 0 bridgehead atoms. The number of Topliss-reactive ketones (excluding diaryl/α,β-unsaturated/α-hetero) is 1. The number of carbonyl (C=O) groups excluding carboxylic acids is 2. The van der Waals surface area contributed by atoms with Crippen LogP contribution in [0.3, 0.4) is 0 Å². The minimum Gasteiger partial charge on any atom is -0.370 e. The van der Waals surface area contributed by atoms with Gasteiger partial charge >= 0.3 is 0 Å². The smallest absolute Gasteiger partial charge is 0.235 e. The number of nitrogens with one attached hydrogen (secondary N) is 2. The Morgan fingerprint density at radius 1 is 1.17 bits per heavy atom. The molecule has 4 heterocycles. The summed E-state index contributed by atoms with van der Waals surface area (Å²) in [5.41, 5.74) is 1.37. The molecule has 0 radical (unpaired) electrons. The highest BCUT2D eigenvalue weighted by Gasteiger charge is 2.43. The van der Waals surface area contributed by atoms with Crippen LogP contribution in [0.1, 0.15) is 44.7 Å². The Morgan fingerprint density at radius 2 is 1.97 bits per heavy atom.